The van der Waals surface area contributed by atoms with Gasteiger partial charge in [0.2, 0.25) is 10.0 Å². The van der Waals surface area contributed by atoms with Crippen molar-refractivity contribution >= 4 is 31.8 Å². The van der Waals surface area contributed by atoms with Crippen molar-refractivity contribution in [1.29, 1.82) is 5.26 Å². The summed E-state index contributed by atoms with van der Waals surface area (Å²) in [6.07, 6.45) is 3.48. The zero-order chi connectivity index (χ0) is 17.6. The van der Waals surface area contributed by atoms with Gasteiger partial charge in [-0.15, -0.1) is 0 Å². The lowest BCUT2D eigenvalue weighted by molar-refractivity contribution is 0.411. The van der Waals surface area contributed by atoms with Crippen LogP contribution in [0.15, 0.2) is 40.2 Å². The fourth-order valence-corrected chi connectivity index (χ4v) is 4.85. The molecule has 0 atom stereocenters. The lowest BCUT2D eigenvalue weighted by Gasteiger charge is -2.21. The maximum atomic E-state index is 13.0. The second-order valence-corrected chi connectivity index (χ2v) is 8.07. The molecule has 3 aromatic rings. The molecule has 25 heavy (non-hydrogen) atoms. The maximum Gasteiger partial charge on any atom is 0.272 e. The molecule has 1 aliphatic rings. The summed E-state index contributed by atoms with van der Waals surface area (Å²) in [6, 6.07) is 8.48. The quantitative estimate of drug-likeness (QED) is 0.729. The summed E-state index contributed by atoms with van der Waals surface area (Å²) < 4.78 is 27.5. The van der Waals surface area contributed by atoms with Crippen molar-refractivity contribution in [3.05, 3.63) is 40.8 Å². The monoisotopic (exact) mass is 356 g/mol. The number of aromatic nitrogens is 2. The molecular formula is C17H16N4O3S. The Labute approximate surface area is 143 Å². The largest absolute Gasteiger partial charge is 0.357 e. The molecular weight excluding hydrogens is 340 g/mol. The highest BCUT2D eigenvalue weighted by Crippen LogP contribution is 2.33. The average Bonchev–Trinajstić information content (AvgIpc) is 3.29. The normalized spacial score (nSPS) is 15.0. The van der Waals surface area contributed by atoms with Crippen LogP contribution in [-0.2, 0) is 10.0 Å². The van der Waals surface area contributed by atoms with E-state index in [0.29, 0.717) is 21.8 Å². The van der Waals surface area contributed by atoms with Crippen LogP contribution < -0.4 is 5.56 Å². The Kier molecular flexibility index (Phi) is 3.63. The predicted molar refractivity (Wildman–Crippen MR) is 93.6 cm³/mol. The summed E-state index contributed by atoms with van der Waals surface area (Å²) in [6.45, 7) is 0.201. The number of aromatic amines is 2. The molecule has 0 radical (unpaired) electrons. The molecule has 128 valence electrons. The van der Waals surface area contributed by atoms with Crippen LogP contribution in [-0.4, -0.2) is 35.3 Å². The van der Waals surface area contributed by atoms with Gasteiger partial charge in [-0.25, -0.2) is 8.42 Å². The Hall–Kier alpha value is -2.63. The zero-order valence-corrected chi connectivity index (χ0v) is 14.1. The van der Waals surface area contributed by atoms with Gasteiger partial charge in [-0.1, -0.05) is 0 Å². The van der Waals surface area contributed by atoms with Gasteiger partial charge < -0.3 is 9.97 Å². The molecule has 1 aromatic carbocycles. The van der Waals surface area contributed by atoms with Crippen molar-refractivity contribution in [1.82, 2.24) is 14.3 Å². The summed E-state index contributed by atoms with van der Waals surface area (Å²) in [4.78, 5) is 17.8. The lowest BCUT2D eigenvalue weighted by Crippen LogP contribution is -2.34. The van der Waals surface area contributed by atoms with Gasteiger partial charge in [0.1, 0.15) is 5.52 Å². The van der Waals surface area contributed by atoms with Crippen LogP contribution in [0.25, 0.3) is 21.8 Å². The number of nitrogens with one attached hydrogen (secondary N) is 2. The number of H-pyrrole nitrogens is 2. The Morgan fingerprint density at radius 3 is 2.76 bits per heavy atom. The van der Waals surface area contributed by atoms with E-state index in [4.69, 9.17) is 5.26 Å². The van der Waals surface area contributed by atoms with E-state index in [-0.39, 0.29) is 29.5 Å². The van der Waals surface area contributed by atoms with Crippen LogP contribution in [0.1, 0.15) is 19.3 Å². The van der Waals surface area contributed by atoms with E-state index in [2.05, 4.69) is 9.97 Å². The summed E-state index contributed by atoms with van der Waals surface area (Å²) in [5.41, 5.74) is 0.772. The van der Waals surface area contributed by atoms with Crippen LogP contribution in [0, 0.1) is 11.3 Å². The Bertz CT molecular complexity index is 1170. The van der Waals surface area contributed by atoms with E-state index in [0.717, 1.165) is 12.8 Å². The molecule has 0 unspecified atom stereocenters. The van der Waals surface area contributed by atoms with Gasteiger partial charge in [-0.3, -0.25) is 4.79 Å². The molecule has 1 aliphatic carbocycles. The maximum absolute atomic E-state index is 13.0. The molecule has 1 saturated carbocycles. The van der Waals surface area contributed by atoms with Gasteiger partial charge in [0.05, 0.1) is 11.0 Å². The highest BCUT2D eigenvalue weighted by molar-refractivity contribution is 7.89. The van der Waals surface area contributed by atoms with Crippen molar-refractivity contribution in [2.75, 3.05) is 6.54 Å². The minimum atomic E-state index is -3.68. The number of benzene rings is 1. The van der Waals surface area contributed by atoms with Gasteiger partial charge in [-0.05, 0) is 37.1 Å². The van der Waals surface area contributed by atoms with Crippen molar-refractivity contribution in [2.24, 2.45) is 0 Å². The summed E-state index contributed by atoms with van der Waals surface area (Å²) >= 11 is 0. The van der Waals surface area contributed by atoms with E-state index >= 15 is 0 Å². The number of sulfonamides is 1. The molecule has 0 spiro atoms. The predicted octanol–water partition coefficient (Wildman–Crippen LogP) is 2.08. The number of pyridine rings is 1. The summed E-state index contributed by atoms with van der Waals surface area (Å²) in [5, 5.41) is 10.2. The zero-order valence-electron chi connectivity index (χ0n) is 13.3. The first-order valence-electron chi connectivity index (χ1n) is 8.04. The molecule has 2 heterocycles. The van der Waals surface area contributed by atoms with Gasteiger partial charge in [-0.2, -0.15) is 9.57 Å². The third kappa shape index (κ3) is 2.62. The van der Waals surface area contributed by atoms with Gasteiger partial charge >= 0.3 is 0 Å². The number of nitrogens with zero attached hydrogens (tertiary/aromatic N) is 2. The molecule has 0 saturated heterocycles. The minimum absolute atomic E-state index is 0.0168. The molecule has 0 bridgehead atoms. The van der Waals surface area contributed by atoms with Crippen molar-refractivity contribution in [3.63, 3.8) is 0 Å². The molecule has 2 N–H and O–H groups in total. The Morgan fingerprint density at radius 2 is 2.04 bits per heavy atom. The molecule has 1 fully saturated rings. The van der Waals surface area contributed by atoms with Crippen molar-refractivity contribution < 1.29 is 8.42 Å². The molecule has 8 heteroatoms. The van der Waals surface area contributed by atoms with E-state index in [1.54, 1.807) is 24.4 Å². The third-order valence-electron chi connectivity index (χ3n) is 4.51. The fraction of sp³-hybridized carbons (Fsp3) is 0.294. The number of rotatable bonds is 5. The highest BCUT2D eigenvalue weighted by Gasteiger charge is 2.37. The van der Waals surface area contributed by atoms with E-state index in [9.17, 15) is 13.2 Å². The topological polar surface area (TPSA) is 110 Å². The number of hydrogen-bond acceptors (Lipinski definition) is 4. The Balaban J connectivity index is 1.87. The van der Waals surface area contributed by atoms with E-state index in [1.165, 1.54) is 10.4 Å². The first kappa shape index (κ1) is 15.9. The van der Waals surface area contributed by atoms with Crippen molar-refractivity contribution in [2.45, 2.75) is 30.2 Å². The van der Waals surface area contributed by atoms with Crippen LogP contribution in [0.3, 0.4) is 0 Å². The Morgan fingerprint density at radius 1 is 1.24 bits per heavy atom. The highest BCUT2D eigenvalue weighted by atomic mass is 32.2. The number of nitriles is 1. The molecule has 0 aliphatic heterocycles. The molecule has 2 aromatic heterocycles. The molecule has 0 amide bonds. The van der Waals surface area contributed by atoms with Gasteiger partial charge in [0, 0.05) is 41.5 Å². The van der Waals surface area contributed by atoms with Crippen molar-refractivity contribution in [3.8, 4) is 6.07 Å². The van der Waals surface area contributed by atoms with Gasteiger partial charge in [0.25, 0.3) is 5.56 Å². The molecule has 7 nitrogen and oxygen atoms in total. The second kappa shape index (κ2) is 5.72. The van der Waals surface area contributed by atoms with Crippen LogP contribution >= 0.6 is 0 Å². The average molecular weight is 356 g/mol. The number of fused-ring (bicyclic) bond motifs is 3. The number of hydrogen-bond donors (Lipinski definition) is 2. The van der Waals surface area contributed by atoms with Gasteiger partial charge in [0.15, 0.2) is 0 Å². The van der Waals surface area contributed by atoms with E-state index in [1.807, 2.05) is 6.07 Å². The minimum Gasteiger partial charge on any atom is -0.357 e. The standard InChI is InChI=1S/C17H16N4O3S/c18-7-1-9-21(11-2-3-11)25(23,24)12-4-5-15-14(10-12)13-6-8-19-16(13)17(22)20-15/h4-6,8,10-11,19H,1-3,9H2,(H,20,22). The lowest BCUT2D eigenvalue weighted by atomic mass is 10.1. The second-order valence-electron chi connectivity index (χ2n) is 6.18. The van der Waals surface area contributed by atoms with E-state index < -0.39 is 10.0 Å². The smallest absolute Gasteiger partial charge is 0.272 e. The first-order valence-corrected chi connectivity index (χ1v) is 9.48. The van der Waals surface area contributed by atoms with Crippen LogP contribution in [0.5, 0.6) is 0 Å². The third-order valence-corrected chi connectivity index (χ3v) is 6.46. The summed E-state index contributed by atoms with van der Waals surface area (Å²) in [7, 11) is -3.68. The van der Waals surface area contributed by atoms with Crippen LogP contribution in [0.2, 0.25) is 0 Å². The fourth-order valence-electron chi connectivity index (χ4n) is 3.14. The molecule has 4 rings (SSSR count). The van der Waals surface area contributed by atoms with Crippen LogP contribution in [0.4, 0.5) is 0 Å². The summed E-state index contributed by atoms with van der Waals surface area (Å²) in [5.74, 6) is 0. The first-order chi connectivity index (χ1) is 12.0. The SMILES string of the molecule is N#CCCN(C1CC1)S(=O)(=O)c1ccc2[nH]c(=O)c3[nH]ccc3c2c1.